The van der Waals surface area contributed by atoms with E-state index < -0.39 is 0 Å². The van der Waals surface area contributed by atoms with Crippen LogP contribution in [-0.2, 0) is 6.42 Å². The van der Waals surface area contributed by atoms with Gasteiger partial charge in [-0.25, -0.2) is 0 Å². The van der Waals surface area contributed by atoms with Gasteiger partial charge in [0, 0.05) is 25.6 Å². The van der Waals surface area contributed by atoms with E-state index in [1.54, 1.807) is 0 Å². The smallest absolute Gasteiger partial charge is 0.0473 e. The summed E-state index contributed by atoms with van der Waals surface area (Å²) in [5.74, 6) is 0.373. The predicted octanol–water partition coefficient (Wildman–Crippen LogP) is 12.9. The zero-order valence-corrected chi connectivity index (χ0v) is 32.5. The van der Waals surface area contributed by atoms with Gasteiger partial charge in [0.2, 0.25) is 0 Å². The minimum absolute atomic E-state index is 0.307. The number of thioether (sulfide) groups is 1. The van der Waals surface area contributed by atoms with Gasteiger partial charge >= 0.3 is 0 Å². The highest BCUT2D eigenvalue weighted by Gasteiger charge is 2.26. The molecule has 0 spiro atoms. The van der Waals surface area contributed by atoms with E-state index in [1.807, 2.05) is 23.1 Å². The first kappa shape index (κ1) is 32.7. The van der Waals surface area contributed by atoms with Gasteiger partial charge in [0.1, 0.15) is 0 Å². The quantitative estimate of drug-likeness (QED) is 0.162. The number of thiophene rings is 1. The summed E-state index contributed by atoms with van der Waals surface area (Å²) in [6, 6.07) is 45.0. The molecule has 0 amide bonds. The second-order valence-electron chi connectivity index (χ2n) is 15.4. The molecule has 4 aliphatic rings. The molecule has 0 saturated carbocycles. The maximum absolute atomic E-state index is 2.52. The zero-order valence-electron chi connectivity index (χ0n) is 30.8. The van der Waals surface area contributed by atoms with Gasteiger partial charge in [-0.3, -0.25) is 0 Å². The Morgan fingerprint density at radius 1 is 0.673 bits per heavy atom. The molecule has 0 radical (unpaired) electrons. The monoisotopic (exact) mass is 738 g/mol. The molecule has 1 aliphatic heterocycles. The Morgan fingerprint density at radius 3 is 2.38 bits per heavy atom. The number of aryl methyl sites for hydroxylation is 1. The molecule has 55 heavy (non-hydrogen) atoms. The Bertz CT molecular complexity index is 3040. The van der Waals surface area contributed by atoms with Gasteiger partial charge in [-0.1, -0.05) is 121 Å². The average Bonchev–Trinajstić information content (AvgIpc) is 3.47. The van der Waals surface area contributed by atoms with Crippen LogP contribution >= 0.6 is 23.1 Å². The Balaban J connectivity index is 0.902. The van der Waals surface area contributed by atoms with E-state index in [-0.39, 0.29) is 0 Å². The zero-order chi connectivity index (χ0) is 36.6. The summed E-state index contributed by atoms with van der Waals surface area (Å²) in [4.78, 5) is 2.78. The molecule has 0 nitrogen and oxygen atoms in total. The van der Waals surface area contributed by atoms with Crippen molar-refractivity contribution in [3.05, 3.63) is 200 Å². The fourth-order valence-corrected chi connectivity index (χ4v) is 11.3. The molecule has 0 fully saturated rings. The van der Waals surface area contributed by atoms with Crippen molar-refractivity contribution in [3.63, 3.8) is 0 Å². The van der Waals surface area contributed by atoms with Crippen LogP contribution in [0.2, 0.25) is 0 Å². The summed E-state index contributed by atoms with van der Waals surface area (Å²) in [5.41, 5.74) is 15.9. The third-order valence-corrected chi connectivity index (χ3v) is 14.1. The lowest BCUT2D eigenvalue weighted by molar-refractivity contribution is 0.769. The largest absolute Gasteiger partial charge is 0.136 e. The number of rotatable bonds is 4. The van der Waals surface area contributed by atoms with E-state index in [4.69, 9.17) is 0 Å². The lowest BCUT2D eigenvalue weighted by Gasteiger charge is -2.24. The molecular formula is C53H38S2. The van der Waals surface area contributed by atoms with Crippen molar-refractivity contribution in [1.82, 2.24) is 0 Å². The van der Waals surface area contributed by atoms with Crippen molar-refractivity contribution in [2.24, 2.45) is 5.92 Å². The molecule has 2 bridgehead atoms. The minimum atomic E-state index is 0.307. The number of fused-ring (bicyclic) bond motifs is 9. The van der Waals surface area contributed by atoms with Gasteiger partial charge in [0.15, 0.2) is 0 Å². The van der Waals surface area contributed by atoms with Crippen LogP contribution in [-0.4, -0.2) is 5.25 Å². The first-order chi connectivity index (χ1) is 27.0. The second-order valence-corrected chi connectivity index (χ2v) is 17.7. The molecule has 0 N–H and O–H groups in total. The van der Waals surface area contributed by atoms with E-state index in [0.29, 0.717) is 11.2 Å². The van der Waals surface area contributed by atoms with Crippen molar-refractivity contribution < 1.29 is 0 Å². The molecule has 262 valence electrons. The van der Waals surface area contributed by atoms with Crippen LogP contribution in [0.4, 0.5) is 0 Å². The first-order valence-corrected chi connectivity index (χ1v) is 21.0. The van der Waals surface area contributed by atoms with Crippen LogP contribution in [0.5, 0.6) is 0 Å². The summed E-state index contributed by atoms with van der Waals surface area (Å²) in [6.07, 6.45) is 20.4. The Labute approximate surface area is 330 Å². The number of allylic oxidation sites excluding steroid dienone is 7. The topological polar surface area (TPSA) is 0 Å². The van der Waals surface area contributed by atoms with Gasteiger partial charge in [0.25, 0.3) is 0 Å². The molecule has 6 aromatic carbocycles. The van der Waals surface area contributed by atoms with Crippen LogP contribution in [0.1, 0.15) is 45.2 Å². The van der Waals surface area contributed by atoms with E-state index >= 15 is 0 Å². The molecule has 2 heterocycles. The summed E-state index contributed by atoms with van der Waals surface area (Å²) < 4.78 is 1.38. The third kappa shape index (κ3) is 5.84. The van der Waals surface area contributed by atoms with Crippen molar-refractivity contribution >= 4 is 85.0 Å². The van der Waals surface area contributed by atoms with Crippen LogP contribution in [0.15, 0.2) is 156 Å². The van der Waals surface area contributed by atoms with E-state index in [9.17, 15) is 0 Å². The molecule has 2 heteroatoms. The Kier molecular flexibility index (Phi) is 7.72. The predicted molar refractivity (Wildman–Crippen MR) is 240 cm³/mol. The normalized spacial score (nSPS) is 18.1. The van der Waals surface area contributed by atoms with Crippen LogP contribution in [0.25, 0.3) is 73.0 Å². The Morgan fingerprint density at radius 2 is 1.51 bits per heavy atom. The Hall–Kier alpha value is -5.67. The molecule has 11 rings (SSSR count). The molecular weight excluding hydrogens is 701 g/mol. The molecule has 7 aromatic rings. The molecule has 1 aromatic heterocycles. The lowest BCUT2D eigenvalue weighted by Crippen LogP contribution is -2.25. The van der Waals surface area contributed by atoms with E-state index in [1.165, 1.54) is 108 Å². The van der Waals surface area contributed by atoms with Crippen LogP contribution < -0.4 is 10.4 Å². The number of benzene rings is 6. The SMILES string of the molecule is C/C(=C\c1cc2c(cc1C)C1=CC(C=c3ccc(C4=CC5Cc6c(sc7cc8cc(-c9ccccc9)ccc8cc67)C=C5C=C4)cc3=C1)S2)c1ccccc1. The second kappa shape index (κ2) is 13.0. The van der Waals surface area contributed by atoms with E-state index in [2.05, 4.69) is 184 Å². The molecule has 0 saturated heterocycles. The van der Waals surface area contributed by atoms with Crippen molar-refractivity contribution in [3.8, 4) is 11.1 Å². The van der Waals surface area contributed by atoms with Gasteiger partial charge in [0.05, 0.1) is 0 Å². The summed E-state index contributed by atoms with van der Waals surface area (Å²) in [6.45, 7) is 4.46. The van der Waals surface area contributed by atoms with Crippen molar-refractivity contribution in [1.29, 1.82) is 0 Å². The van der Waals surface area contributed by atoms with Crippen LogP contribution in [0.3, 0.4) is 0 Å². The molecule has 2 unspecified atom stereocenters. The average molecular weight is 739 g/mol. The minimum Gasteiger partial charge on any atom is -0.136 e. The number of hydrogen-bond donors (Lipinski definition) is 0. The number of hydrogen-bond acceptors (Lipinski definition) is 2. The standard InChI is InChI=1S/C53H38S2/c1-32(34-9-5-3-6-10-34)19-42-30-51-48(20-33(42)2)46-24-43-22-37(14-16-39(43)25-47(26-46)54-51)38-15-18-41-29-52-50(28-44(41)23-38)49-27-40-17-13-36(35-11-7-4-8-12-35)21-45(40)31-53(49)55-52/h3-27,29-31,44,47H,28H2,1-2H3/b32-19+. The maximum Gasteiger partial charge on any atom is 0.0473 e. The first-order valence-electron chi connectivity index (χ1n) is 19.3. The fourth-order valence-electron chi connectivity index (χ4n) is 8.85. The van der Waals surface area contributed by atoms with Gasteiger partial charge in [-0.05, 0) is 162 Å². The van der Waals surface area contributed by atoms with Crippen molar-refractivity contribution in [2.45, 2.75) is 30.4 Å². The highest BCUT2D eigenvalue weighted by Crippen LogP contribution is 2.45. The lowest BCUT2D eigenvalue weighted by atomic mass is 9.80. The van der Waals surface area contributed by atoms with E-state index in [0.717, 1.165) is 6.42 Å². The van der Waals surface area contributed by atoms with Gasteiger partial charge < -0.3 is 0 Å². The fraction of sp³-hybridized carbons (Fsp3) is 0.0943. The van der Waals surface area contributed by atoms with Crippen molar-refractivity contribution in [2.75, 3.05) is 0 Å². The third-order valence-electron chi connectivity index (χ3n) is 11.8. The maximum atomic E-state index is 2.52. The molecule has 2 atom stereocenters. The summed E-state index contributed by atoms with van der Waals surface area (Å²) >= 11 is 3.91. The highest BCUT2D eigenvalue weighted by molar-refractivity contribution is 8.00. The van der Waals surface area contributed by atoms with Gasteiger partial charge in [-0.15, -0.1) is 23.1 Å². The van der Waals surface area contributed by atoms with Gasteiger partial charge in [-0.2, -0.15) is 0 Å². The summed E-state index contributed by atoms with van der Waals surface area (Å²) in [7, 11) is 0. The highest BCUT2D eigenvalue weighted by atomic mass is 32.2. The molecule has 3 aliphatic carbocycles. The summed E-state index contributed by atoms with van der Waals surface area (Å²) in [5, 5.41) is 6.96. The van der Waals surface area contributed by atoms with Crippen LogP contribution in [0, 0.1) is 12.8 Å².